The van der Waals surface area contributed by atoms with Gasteiger partial charge in [-0.2, -0.15) is 8.42 Å². The SMILES string of the molecule is Cc1cc(/C=C/c2ccccc2)n(OS(=O)(=O)c2ccccc2)c(=O)c1. The molecule has 0 aliphatic carbocycles. The fourth-order valence-electron chi connectivity index (χ4n) is 2.38. The molecule has 0 bridgehead atoms. The lowest BCUT2D eigenvalue weighted by molar-refractivity contribution is 0.264. The third-order valence-corrected chi connectivity index (χ3v) is 4.81. The van der Waals surface area contributed by atoms with E-state index in [9.17, 15) is 13.2 Å². The lowest BCUT2D eigenvalue weighted by Gasteiger charge is -2.12. The molecule has 0 atom stereocenters. The number of aromatic nitrogens is 1. The quantitative estimate of drug-likeness (QED) is 0.695. The second kappa shape index (κ2) is 7.41. The molecule has 3 rings (SSSR count). The van der Waals surface area contributed by atoms with Gasteiger partial charge in [-0.3, -0.25) is 9.08 Å². The summed E-state index contributed by atoms with van der Waals surface area (Å²) in [5.74, 6) is 0. The molecule has 2 aromatic carbocycles. The van der Waals surface area contributed by atoms with Gasteiger partial charge < -0.3 is 0 Å². The summed E-state index contributed by atoms with van der Waals surface area (Å²) in [6.07, 6.45) is 3.42. The van der Waals surface area contributed by atoms with Crippen molar-refractivity contribution in [3.05, 3.63) is 100.0 Å². The minimum Gasteiger partial charge on any atom is -0.280 e. The van der Waals surface area contributed by atoms with Crippen molar-refractivity contribution in [2.45, 2.75) is 11.8 Å². The molecule has 0 N–H and O–H groups in total. The number of rotatable bonds is 5. The molecule has 1 heterocycles. The Morgan fingerprint density at radius 2 is 1.50 bits per heavy atom. The standard InChI is InChI=1S/C20H17NO4S/c1-16-14-18(13-12-17-8-4-2-5-9-17)21(20(22)15-16)25-26(23,24)19-10-6-3-7-11-19/h2-15H,1H3/b13-12+. The maximum atomic E-state index is 12.5. The van der Waals surface area contributed by atoms with E-state index in [1.807, 2.05) is 30.3 Å². The highest BCUT2D eigenvalue weighted by molar-refractivity contribution is 7.87. The summed E-state index contributed by atoms with van der Waals surface area (Å²) < 4.78 is 30.8. The first kappa shape index (κ1) is 17.7. The maximum Gasteiger partial charge on any atom is 0.357 e. The Morgan fingerprint density at radius 3 is 2.15 bits per heavy atom. The van der Waals surface area contributed by atoms with Crippen molar-refractivity contribution in [2.24, 2.45) is 0 Å². The Balaban J connectivity index is 2.02. The molecule has 0 fully saturated rings. The van der Waals surface area contributed by atoms with Crippen molar-refractivity contribution in [2.75, 3.05) is 0 Å². The largest absolute Gasteiger partial charge is 0.357 e. The van der Waals surface area contributed by atoms with Crippen LogP contribution in [-0.2, 0) is 10.1 Å². The van der Waals surface area contributed by atoms with E-state index in [1.54, 1.807) is 43.3 Å². The van der Waals surface area contributed by atoms with E-state index >= 15 is 0 Å². The van der Waals surface area contributed by atoms with Gasteiger partial charge in [-0.1, -0.05) is 54.6 Å². The predicted molar refractivity (Wildman–Crippen MR) is 101 cm³/mol. The van der Waals surface area contributed by atoms with Gasteiger partial charge in [-0.05, 0) is 42.3 Å². The van der Waals surface area contributed by atoms with Crippen LogP contribution in [-0.4, -0.2) is 13.1 Å². The Kier molecular flexibility index (Phi) is 5.04. The van der Waals surface area contributed by atoms with Gasteiger partial charge in [0.2, 0.25) is 0 Å². The van der Waals surface area contributed by atoms with E-state index in [0.717, 1.165) is 10.3 Å². The van der Waals surface area contributed by atoms with Crippen LogP contribution >= 0.6 is 0 Å². The first-order chi connectivity index (χ1) is 12.5. The Labute approximate surface area is 151 Å². The molecule has 6 heteroatoms. The first-order valence-corrected chi connectivity index (χ1v) is 9.33. The molecular formula is C20H17NO4S. The van der Waals surface area contributed by atoms with Crippen LogP contribution in [0.25, 0.3) is 12.2 Å². The summed E-state index contributed by atoms with van der Waals surface area (Å²) in [6, 6.07) is 20.2. The molecule has 3 aromatic rings. The van der Waals surface area contributed by atoms with E-state index < -0.39 is 15.7 Å². The van der Waals surface area contributed by atoms with Crippen molar-refractivity contribution >= 4 is 22.3 Å². The van der Waals surface area contributed by atoms with Gasteiger partial charge >= 0.3 is 10.1 Å². The van der Waals surface area contributed by atoms with Gasteiger partial charge in [0, 0.05) is 6.07 Å². The van der Waals surface area contributed by atoms with Crippen molar-refractivity contribution < 1.29 is 12.7 Å². The first-order valence-electron chi connectivity index (χ1n) is 7.92. The topological polar surface area (TPSA) is 65.4 Å². The summed E-state index contributed by atoms with van der Waals surface area (Å²) in [5.41, 5.74) is 1.40. The number of aryl methyl sites for hydroxylation is 1. The van der Waals surface area contributed by atoms with Gasteiger partial charge in [0.05, 0.1) is 5.69 Å². The third kappa shape index (κ3) is 4.10. The van der Waals surface area contributed by atoms with E-state index in [4.69, 9.17) is 4.28 Å². The fourth-order valence-corrected chi connectivity index (χ4v) is 3.32. The van der Waals surface area contributed by atoms with Crippen molar-refractivity contribution in [1.82, 2.24) is 4.73 Å². The van der Waals surface area contributed by atoms with Crippen molar-refractivity contribution in [3.8, 4) is 0 Å². The van der Waals surface area contributed by atoms with Gasteiger partial charge in [0.25, 0.3) is 5.56 Å². The van der Waals surface area contributed by atoms with Crippen molar-refractivity contribution in [3.63, 3.8) is 0 Å². The van der Waals surface area contributed by atoms with Crippen LogP contribution < -0.4 is 9.84 Å². The zero-order valence-corrected chi connectivity index (χ0v) is 14.9. The van der Waals surface area contributed by atoms with Crippen LogP contribution in [0.1, 0.15) is 16.8 Å². The molecule has 5 nitrogen and oxygen atoms in total. The zero-order valence-electron chi connectivity index (χ0n) is 14.1. The number of benzene rings is 2. The van der Waals surface area contributed by atoms with Crippen LogP contribution in [0.5, 0.6) is 0 Å². The predicted octanol–water partition coefficient (Wildman–Crippen LogP) is 3.14. The lowest BCUT2D eigenvalue weighted by atomic mass is 10.2. The maximum absolute atomic E-state index is 12.5. The molecule has 0 spiro atoms. The van der Waals surface area contributed by atoms with Crippen LogP contribution in [0.2, 0.25) is 0 Å². The van der Waals surface area contributed by atoms with Crippen LogP contribution in [0.3, 0.4) is 0 Å². The summed E-state index contributed by atoms with van der Waals surface area (Å²) in [5, 5.41) is 0. The van der Waals surface area contributed by atoms with E-state index in [1.165, 1.54) is 18.2 Å². The Morgan fingerprint density at radius 1 is 0.885 bits per heavy atom. The number of pyridine rings is 1. The molecule has 0 aliphatic heterocycles. The van der Waals surface area contributed by atoms with Gasteiger partial charge in [-0.15, -0.1) is 4.73 Å². The number of nitrogens with zero attached hydrogens (tertiary/aromatic N) is 1. The molecule has 0 saturated heterocycles. The molecule has 0 saturated carbocycles. The van der Waals surface area contributed by atoms with Crippen molar-refractivity contribution in [1.29, 1.82) is 0 Å². The van der Waals surface area contributed by atoms with Gasteiger partial charge in [-0.25, -0.2) is 0 Å². The Bertz CT molecular complexity index is 1090. The average molecular weight is 367 g/mol. The van der Waals surface area contributed by atoms with E-state index in [0.29, 0.717) is 11.3 Å². The average Bonchev–Trinajstić information content (AvgIpc) is 2.64. The fraction of sp³-hybridized carbons (Fsp3) is 0.0500. The number of hydrogen-bond donors (Lipinski definition) is 0. The lowest BCUT2D eigenvalue weighted by Crippen LogP contribution is -2.32. The molecule has 0 aliphatic rings. The molecular weight excluding hydrogens is 350 g/mol. The van der Waals surface area contributed by atoms with E-state index in [2.05, 4.69) is 0 Å². The normalized spacial score (nSPS) is 11.6. The highest BCUT2D eigenvalue weighted by Gasteiger charge is 2.18. The van der Waals surface area contributed by atoms with Crippen LogP contribution in [0, 0.1) is 6.92 Å². The Hall–Kier alpha value is -3.12. The smallest absolute Gasteiger partial charge is 0.280 e. The van der Waals surface area contributed by atoms with Crippen LogP contribution in [0.15, 0.2) is 82.5 Å². The third-order valence-electron chi connectivity index (χ3n) is 3.61. The molecule has 0 radical (unpaired) electrons. The zero-order chi connectivity index (χ0) is 18.6. The second-order valence-corrected chi connectivity index (χ2v) is 7.20. The molecule has 132 valence electrons. The minimum absolute atomic E-state index is 0.0227. The second-order valence-electron chi connectivity index (χ2n) is 5.68. The van der Waals surface area contributed by atoms with Gasteiger partial charge in [0.1, 0.15) is 4.90 Å². The summed E-state index contributed by atoms with van der Waals surface area (Å²) in [7, 11) is -4.13. The monoisotopic (exact) mass is 367 g/mol. The molecule has 26 heavy (non-hydrogen) atoms. The summed E-state index contributed by atoms with van der Waals surface area (Å²) in [4.78, 5) is 12.3. The van der Waals surface area contributed by atoms with E-state index in [-0.39, 0.29) is 4.90 Å². The molecule has 1 aromatic heterocycles. The minimum atomic E-state index is -4.13. The van der Waals surface area contributed by atoms with Gasteiger partial charge in [0.15, 0.2) is 0 Å². The molecule has 0 unspecified atom stereocenters. The summed E-state index contributed by atoms with van der Waals surface area (Å²) in [6.45, 7) is 1.76. The summed E-state index contributed by atoms with van der Waals surface area (Å²) >= 11 is 0. The molecule has 0 amide bonds. The number of hydrogen-bond acceptors (Lipinski definition) is 4. The highest BCUT2D eigenvalue weighted by atomic mass is 32.2. The van der Waals surface area contributed by atoms with Crippen LogP contribution in [0.4, 0.5) is 0 Å². The highest BCUT2D eigenvalue weighted by Crippen LogP contribution is 2.12.